The SMILES string of the molecule is Nc1ccccc1OCC(O)COCC1CCCO1. The normalized spacial score (nSPS) is 20.4. The molecule has 1 fully saturated rings. The standard InChI is InChI=1S/C14H21NO4/c15-13-5-1-2-6-14(13)19-9-11(16)8-17-10-12-4-3-7-18-12/h1-2,5-6,11-12,16H,3-4,7-10,15H2. The number of aliphatic hydroxyl groups excluding tert-OH is 1. The second kappa shape index (κ2) is 7.33. The molecule has 106 valence electrons. The Hall–Kier alpha value is -1.30. The molecule has 1 aliphatic rings. The highest BCUT2D eigenvalue weighted by Gasteiger charge is 2.16. The van der Waals surface area contributed by atoms with Gasteiger partial charge in [-0.25, -0.2) is 0 Å². The van der Waals surface area contributed by atoms with Crippen molar-refractivity contribution in [3.8, 4) is 5.75 Å². The summed E-state index contributed by atoms with van der Waals surface area (Å²) in [5.41, 5.74) is 6.30. The van der Waals surface area contributed by atoms with Crippen LogP contribution < -0.4 is 10.5 Å². The van der Waals surface area contributed by atoms with Crippen molar-refractivity contribution >= 4 is 5.69 Å². The van der Waals surface area contributed by atoms with Gasteiger partial charge < -0.3 is 25.1 Å². The number of rotatable bonds is 7. The van der Waals surface area contributed by atoms with Gasteiger partial charge in [0.05, 0.1) is 25.0 Å². The number of benzene rings is 1. The highest BCUT2D eigenvalue weighted by atomic mass is 16.5. The van der Waals surface area contributed by atoms with Gasteiger partial charge in [0.25, 0.3) is 0 Å². The molecule has 3 N–H and O–H groups in total. The van der Waals surface area contributed by atoms with Crippen LogP contribution in [-0.2, 0) is 9.47 Å². The van der Waals surface area contributed by atoms with Crippen LogP contribution in [0.4, 0.5) is 5.69 Å². The van der Waals surface area contributed by atoms with Crippen LogP contribution in [0.25, 0.3) is 0 Å². The summed E-state index contributed by atoms with van der Waals surface area (Å²) < 4.78 is 16.3. The van der Waals surface area contributed by atoms with Crippen molar-refractivity contribution in [3.63, 3.8) is 0 Å². The lowest BCUT2D eigenvalue weighted by Crippen LogP contribution is -2.26. The number of anilines is 1. The summed E-state index contributed by atoms with van der Waals surface area (Å²) in [6, 6.07) is 7.21. The Balaban J connectivity index is 1.61. The molecule has 0 radical (unpaired) electrons. The van der Waals surface area contributed by atoms with Gasteiger partial charge in [-0.1, -0.05) is 12.1 Å². The second-order valence-electron chi connectivity index (χ2n) is 4.68. The number of hydrogen-bond donors (Lipinski definition) is 2. The van der Waals surface area contributed by atoms with Crippen LogP contribution in [0.2, 0.25) is 0 Å². The Morgan fingerprint density at radius 3 is 2.95 bits per heavy atom. The summed E-state index contributed by atoms with van der Waals surface area (Å²) >= 11 is 0. The van der Waals surface area contributed by atoms with Crippen molar-refractivity contribution in [3.05, 3.63) is 24.3 Å². The molecule has 19 heavy (non-hydrogen) atoms. The minimum absolute atomic E-state index is 0.166. The predicted molar refractivity (Wildman–Crippen MR) is 72.1 cm³/mol. The molecule has 0 aliphatic carbocycles. The predicted octanol–water partition coefficient (Wildman–Crippen LogP) is 1.20. The van der Waals surface area contributed by atoms with Crippen molar-refractivity contribution in [2.75, 3.05) is 32.2 Å². The van der Waals surface area contributed by atoms with Crippen molar-refractivity contribution in [1.29, 1.82) is 0 Å². The van der Waals surface area contributed by atoms with E-state index in [1.165, 1.54) is 0 Å². The molecular formula is C14H21NO4. The van der Waals surface area contributed by atoms with Gasteiger partial charge >= 0.3 is 0 Å². The van der Waals surface area contributed by atoms with Crippen molar-refractivity contribution in [2.45, 2.75) is 25.0 Å². The lowest BCUT2D eigenvalue weighted by Gasteiger charge is -2.15. The van der Waals surface area contributed by atoms with Gasteiger partial charge in [-0.05, 0) is 25.0 Å². The maximum absolute atomic E-state index is 9.74. The molecule has 2 unspecified atom stereocenters. The summed E-state index contributed by atoms with van der Waals surface area (Å²) in [5.74, 6) is 0.584. The van der Waals surface area contributed by atoms with Crippen LogP contribution in [-0.4, -0.2) is 43.7 Å². The van der Waals surface area contributed by atoms with Gasteiger partial charge in [0.2, 0.25) is 0 Å². The van der Waals surface area contributed by atoms with Crippen LogP contribution in [0.5, 0.6) is 5.75 Å². The van der Waals surface area contributed by atoms with Gasteiger partial charge in [-0.15, -0.1) is 0 Å². The van der Waals surface area contributed by atoms with E-state index in [0.29, 0.717) is 18.0 Å². The summed E-state index contributed by atoms with van der Waals surface area (Å²) in [6.45, 7) is 1.75. The molecule has 1 saturated heterocycles. The van der Waals surface area contributed by atoms with Gasteiger partial charge in [0, 0.05) is 6.61 Å². The number of aliphatic hydroxyl groups is 1. The third kappa shape index (κ3) is 4.70. The quantitative estimate of drug-likeness (QED) is 0.726. The molecule has 1 aromatic rings. The van der Waals surface area contributed by atoms with Crippen molar-refractivity contribution < 1.29 is 19.3 Å². The maximum Gasteiger partial charge on any atom is 0.142 e. The van der Waals surface area contributed by atoms with Crippen molar-refractivity contribution in [2.24, 2.45) is 0 Å². The fraction of sp³-hybridized carbons (Fsp3) is 0.571. The number of nitrogen functional groups attached to an aromatic ring is 1. The number of nitrogens with two attached hydrogens (primary N) is 1. The van der Waals surface area contributed by atoms with E-state index in [2.05, 4.69) is 0 Å². The lowest BCUT2D eigenvalue weighted by atomic mass is 10.2. The largest absolute Gasteiger partial charge is 0.489 e. The fourth-order valence-corrected chi connectivity index (χ4v) is 1.96. The third-order valence-electron chi connectivity index (χ3n) is 2.99. The molecule has 0 saturated carbocycles. The Morgan fingerprint density at radius 2 is 2.21 bits per heavy atom. The average molecular weight is 267 g/mol. The summed E-state index contributed by atoms with van der Waals surface area (Å²) in [6.07, 6.45) is 1.64. The molecule has 5 nitrogen and oxygen atoms in total. The minimum atomic E-state index is -0.666. The van der Waals surface area contributed by atoms with E-state index >= 15 is 0 Å². The monoisotopic (exact) mass is 267 g/mol. The Morgan fingerprint density at radius 1 is 1.37 bits per heavy atom. The zero-order chi connectivity index (χ0) is 13.5. The molecule has 2 atom stereocenters. The lowest BCUT2D eigenvalue weighted by molar-refractivity contribution is -0.0276. The van der Waals surface area contributed by atoms with Crippen LogP contribution in [0.15, 0.2) is 24.3 Å². The van der Waals surface area contributed by atoms with E-state index in [0.717, 1.165) is 19.4 Å². The highest BCUT2D eigenvalue weighted by molar-refractivity contribution is 5.51. The smallest absolute Gasteiger partial charge is 0.142 e. The summed E-state index contributed by atoms with van der Waals surface area (Å²) in [7, 11) is 0. The van der Waals surface area contributed by atoms with Gasteiger partial charge in [-0.3, -0.25) is 0 Å². The molecule has 1 heterocycles. The Labute approximate surface area is 113 Å². The van der Waals surface area contributed by atoms with E-state index in [1.54, 1.807) is 12.1 Å². The Bertz CT molecular complexity index is 379. The van der Waals surface area contributed by atoms with Gasteiger partial charge in [0.15, 0.2) is 0 Å². The van der Waals surface area contributed by atoms with Crippen LogP contribution >= 0.6 is 0 Å². The van der Waals surface area contributed by atoms with E-state index < -0.39 is 6.10 Å². The molecule has 0 aromatic heterocycles. The van der Waals surface area contributed by atoms with Crippen LogP contribution in [0, 0.1) is 0 Å². The first-order chi connectivity index (χ1) is 9.25. The summed E-state index contributed by atoms with van der Waals surface area (Å²) in [5, 5.41) is 9.74. The van der Waals surface area contributed by atoms with E-state index in [1.807, 2.05) is 12.1 Å². The molecule has 0 spiro atoms. The fourth-order valence-electron chi connectivity index (χ4n) is 1.96. The van der Waals surface area contributed by atoms with E-state index in [9.17, 15) is 5.11 Å². The van der Waals surface area contributed by atoms with Gasteiger partial charge in [0.1, 0.15) is 18.5 Å². The number of ether oxygens (including phenoxy) is 3. The molecule has 0 bridgehead atoms. The van der Waals surface area contributed by atoms with Gasteiger partial charge in [-0.2, -0.15) is 0 Å². The molecule has 1 aromatic carbocycles. The molecule has 1 aliphatic heterocycles. The third-order valence-corrected chi connectivity index (χ3v) is 2.99. The topological polar surface area (TPSA) is 73.9 Å². The van der Waals surface area contributed by atoms with Crippen molar-refractivity contribution in [1.82, 2.24) is 0 Å². The number of para-hydroxylation sites is 2. The zero-order valence-electron chi connectivity index (χ0n) is 11.0. The molecular weight excluding hydrogens is 246 g/mol. The first kappa shape index (κ1) is 14.1. The highest BCUT2D eigenvalue weighted by Crippen LogP contribution is 2.19. The Kier molecular flexibility index (Phi) is 5.44. The number of hydrogen-bond acceptors (Lipinski definition) is 5. The second-order valence-corrected chi connectivity index (χ2v) is 4.68. The van der Waals surface area contributed by atoms with Crippen LogP contribution in [0.3, 0.4) is 0 Å². The molecule has 2 rings (SSSR count). The van der Waals surface area contributed by atoms with E-state index in [4.69, 9.17) is 19.9 Å². The minimum Gasteiger partial charge on any atom is -0.489 e. The first-order valence-corrected chi connectivity index (χ1v) is 6.60. The zero-order valence-corrected chi connectivity index (χ0v) is 11.0. The molecule has 5 heteroatoms. The summed E-state index contributed by atoms with van der Waals surface area (Å²) in [4.78, 5) is 0. The van der Waals surface area contributed by atoms with E-state index in [-0.39, 0.29) is 19.3 Å². The van der Waals surface area contributed by atoms with Crippen LogP contribution in [0.1, 0.15) is 12.8 Å². The first-order valence-electron chi connectivity index (χ1n) is 6.60. The average Bonchev–Trinajstić information content (AvgIpc) is 2.91. The molecule has 0 amide bonds. The maximum atomic E-state index is 9.74.